The number of nitrogens with two attached hydrogens (primary N) is 1. The number of para-hydroxylation sites is 2. The molecule has 1 aliphatic rings. The predicted octanol–water partition coefficient (Wildman–Crippen LogP) is 7.01. The second kappa shape index (κ2) is 12.9. The van der Waals surface area contributed by atoms with Gasteiger partial charge < -0.3 is 15.4 Å². The number of halogens is 3. The zero-order valence-electron chi connectivity index (χ0n) is 25.9. The van der Waals surface area contributed by atoms with Gasteiger partial charge >= 0.3 is 12.1 Å². The second-order valence-corrected chi connectivity index (χ2v) is 11.7. The molecule has 242 valence electrons. The Hall–Kier alpha value is -5.23. The molecule has 7 rings (SSSR count). The molecular weight excluding hydrogens is 607 g/mol. The van der Waals surface area contributed by atoms with Crippen LogP contribution < -0.4 is 5.73 Å². The number of carboxylic acid groups (broad SMARTS) is 1. The van der Waals surface area contributed by atoms with Crippen LogP contribution in [0, 0.1) is 6.92 Å². The first-order valence-electron chi connectivity index (χ1n) is 15.2. The van der Waals surface area contributed by atoms with Crippen LogP contribution in [0.25, 0.3) is 44.5 Å². The number of aliphatic carboxylic acids is 1. The van der Waals surface area contributed by atoms with E-state index in [9.17, 15) is 13.2 Å². The fraction of sp³-hybridized carbons (Fsp3) is 0.257. The number of carbonyl (C=O) groups is 1. The fourth-order valence-corrected chi connectivity index (χ4v) is 6.25. The maximum absolute atomic E-state index is 10.6. The van der Waals surface area contributed by atoms with Gasteiger partial charge in [-0.3, -0.25) is 4.90 Å². The first kappa shape index (κ1) is 31.7. The Bertz CT molecular complexity index is 2030. The smallest absolute Gasteiger partial charge is 0.475 e. The number of benzene rings is 3. The Morgan fingerprint density at radius 2 is 1.57 bits per heavy atom. The summed E-state index contributed by atoms with van der Waals surface area (Å²) in [6.45, 7) is 5.24. The van der Waals surface area contributed by atoms with Crippen molar-refractivity contribution in [2.24, 2.45) is 7.05 Å². The van der Waals surface area contributed by atoms with Gasteiger partial charge in [0, 0.05) is 43.9 Å². The highest BCUT2D eigenvalue weighted by Crippen LogP contribution is 2.35. The molecule has 0 atom stereocenters. The van der Waals surface area contributed by atoms with E-state index in [4.69, 9.17) is 25.6 Å². The third kappa shape index (κ3) is 6.68. The lowest BCUT2D eigenvalue weighted by Crippen LogP contribution is -2.34. The number of rotatable bonds is 5. The number of carboxylic acids is 1. The Labute approximate surface area is 269 Å². The highest BCUT2D eigenvalue weighted by molar-refractivity contribution is 5.95. The summed E-state index contributed by atoms with van der Waals surface area (Å²) < 4.78 is 35.9. The van der Waals surface area contributed by atoms with Crippen LogP contribution in [0.3, 0.4) is 0 Å². The second-order valence-electron chi connectivity index (χ2n) is 11.7. The van der Waals surface area contributed by atoms with E-state index in [1.165, 1.54) is 11.1 Å². The van der Waals surface area contributed by atoms with Crippen LogP contribution in [0.4, 0.5) is 19.0 Å². The molecule has 1 fully saturated rings. The van der Waals surface area contributed by atoms with E-state index in [-0.39, 0.29) is 0 Å². The molecule has 4 heterocycles. The summed E-state index contributed by atoms with van der Waals surface area (Å²) in [5, 5.41) is 12.4. The van der Waals surface area contributed by atoms with Crippen LogP contribution >= 0.6 is 0 Å². The van der Waals surface area contributed by atoms with Crippen molar-refractivity contribution in [1.82, 2.24) is 29.2 Å². The van der Waals surface area contributed by atoms with E-state index in [0.717, 1.165) is 77.2 Å². The molecule has 0 unspecified atom stereocenters. The van der Waals surface area contributed by atoms with Crippen molar-refractivity contribution in [3.8, 4) is 22.4 Å². The molecule has 6 aromatic rings. The number of aromatic nitrogens is 5. The lowest BCUT2D eigenvalue weighted by molar-refractivity contribution is -0.192. The number of fused-ring (bicyclic) bond motifs is 2. The lowest BCUT2D eigenvalue weighted by atomic mass is 9.97. The van der Waals surface area contributed by atoms with Crippen LogP contribution in [-0.4, -0.2) is 59.6 Å². The number of hydrogen-bond acceptors (Lipinski definition) is 6. The fourth-order valence-electron chi connectivity index (χ4n) is 6.25. The van der Waals surface area contributed by atoms with Gasteiger partial charge in [0.25, 0.3) is 0 Å². The van der Waals surface area contributed by atoms with Gasteiger partial charge in [0.15, 0.2) is 11.5 Å². The number of aryl methyl sites for hydroxylation is 2. The molecule has 0 saturated carbocycles. The number of imidazole rings is 1. The quantitative estimate of drug-likeness (QED) is 0.208. The Balaban J connectivity index is 0.000000499. The molecule has 0 amide bonds. The molecule has 0 bridgehead atoms. The minimum absolute atomic E-state index is 0.504. The first-order chi connectivity index (χ1) is 22.5. The summed E-state index contributed by atoms with van der Waals surface area (Å²) in [4.78, 5) is 21.3. The number of likely N-dealkylation sites (tertiary alicyclic amines) is 1. The maximum atomic E-state index is 10.6. The molecule has 1 saturated heterocycles. The van der Waals surface area contributed by atoms with Gasteiger partial charge in [-0.25, -0.2) is 19.4 Å². The van der Waals surface area contributed by atoms with E-state index in [1.54, 1.807) is 4.68 Å². The molecule has 3 aromatic carbocycles. The summed E-state index contributed by atoms with van der Waals surface area (Å²) in [7, 11) is 1.89. The minimum Gasteiger partial charge on any atom is -0.475 e. The molecule has 9 nitrogen and oxygen atoms in total. The SMILES string of the molecule is Cc1nc2ccccc2n1C1CCN(Cc2ccc(-c3nc4c(cc3-c3ccccc3)c(N)nn4C)cc2)CC1.O=C(O)C(F)(F)F. The Kier molecular flexibility index (Phi) is 8.69. The predicted molar refractivity (Wildman–Crippen MR) is 176 cm³/mol. The number of hydrogen-bond donors (Lipinski definition) is 2. The molecule has 0 radical (unpaired) electrons. The van der Waals surface area contributed by atoms with Crippen LogP contribution in [0.5, 0.6) is 0 Å². The molecule has 3 aromatic heterocycles. The van der Waals surface area contributed by atoms with Crippen molar-refractivity contribution in [1.29, 1.82) is 0 Å². The normalized spacial score (nSPS) is 14.3. The topological polar surface area (TPSA) is 115 Å². The van der Waals surface area contributed by atoms with E-state index in [1.807, 2.05) is 13.1 Å². The third-order valence-electron chi connectivity index (χ3n) is 8.50. The van der Waals surface area contributed by atoms with Crippen molar-refractivity contribution in [3.63, 3.8) is 0 Å². The largest absolute Gasteiger partial charge is 0.490 e. The van der Waals surface area contributed by atoms with Crippen LogP contribution in [0.1, 0.15) is 30.3 Å². The van der Waals surface area contributed by atoms with E-state index < -0.39 is 12.1 Å². The first-order valence-corrected chi connectivity index (χ1v) is 15.2. The molecule has 1 aliphatic heterocycles. The van der Waals surface area contributed by atoms with Gasteiger partial charge in [0.1, 0.15) is 5.82 Å². The van der Waals surface area contributed by atoms with Crippen LogP contribution in [0.15, 0.2) is 84.9 Å². The number of pyridine rings is 1. The average molecular weight is 642 g/mol. The number of piperidine rings is 1. The summed E-state index contributed by atoms with van der Waals surface area (Å²) in [6.07, 6.45) is -2.81. The Morgan fingerprint density at radius 3 is 2.23 bits per heavy atom. The third-order valence-corrected chi connectivity index (χ3v) is 8.50. The lowest BCUT2D eigenvalue weighted by Gasteiger charge is -2.33. The number of anilines is 1. The van der Waals surface area contributed by atoms with Gasteiger partial charge in [-0.15, -0.1) is 0 Å². The number of nitrogens with zero attached hydrogens (tertiary/aromatic N) is 6. The van der Waals surface area contributed by atoms with Gasteiger partial charge in [0.2, 0.25) is 0 Å². The Morgan fingerprint density at radius 1 is 0.936 bits per heavy atom. The van der Waals surface area contributed by atoms with Gasteiger partial charge in [-0.1, -0.05) is 66.7 Å². The monoisotopic (exact) mass is 641 g/mol. The van der Waals surface area contributed by atoms with Crippen molar-refractivity contribution < 1.29 is 23.1 Å². The van der Waals surface area contributed by atoms with Crippen molar-refractivity contribution in [2.45, 2.75) is 38.5 Å². The van der Waals surface area contributed by atoms with Gasteiger partial charge in [-0.05, 0) is 49.1 Å². The summed E-state index contributed by atoms with van der Waals surface area (Å²) in [5.41, 5.74) is 14.9. The van der Waals surface area contributed by atoms with Crippen LogP contribution in [-0.2, 0) is 18.4 Å². The van der Waals surface area contributed by atoms with E-state index >= 15 is 0 Å². The standard InChI is InChI=1S/C33H33N7.C2HF3O2/c1-22-35-29-10-6-7-11-30(29)40(22)26-16-18-39(19-17-26)21-23-12-14-25(15-13-23)31-27(24-8-4-3-5-9-24)20-28-32(34)37-38(2)33(28)36-31;3-2(4,5)1(6)7/h3-15,20,26H,16-19,21H2,1-2H3,(H2,34,37);(H,6,7). The zero-order chi connectivity index (χ0) is 33.3. The molecule has 47 heavy (non-hydrogen) atoms. The summed E-state index contributed by atoms with van der Waals surface area (Å²) in [6, 6.07) is 30.4. The van der Waals surface area contributed by atoms with Crippen molar-refractivity contribution >= 4 is 33.9 Å². The van der Waals surface area contributed by atoms with Gasteiger partial charge in [-0.2, -0.15) is 18.3 Å². The van der Waals surface area contributed by atoms with E-state index in [2.05, 4.69) is 100 Å². The molecule has 0 aliphatic carbocycles. The van der Waals surface area contributed by atoms with Crippen molar-refractivity contribution in [3.05, 3.63) is 96.3 Å². The highest BCUT2D eigenvalue weighted by Gasteiger charge is 2.38. The summed E-state index contributed by atoms with van der Waals surface area (Å²) in [5.74, 6) is -1.14. The maximum Gasteiger partial charge on any atom is 0.490 e. The molecule has 0 spiro atoms. The minimum atomic E-state index is -5.08. The summed E-state index contributed by atoms with van der Waals surface area (Å²) >= 11 is 0. The molecule has 3 N–H and O–H groups in total. The van der Waals surface area contributed by atoms with Gasteiger partial charge in [0.05, 0.1) is 22.1 Å². The van der Waals surface area contributed by atoms with E-state index in [0.29, 0.717) is 11.9 Å². The van der Waals surface area contributed by atoms with Crippen LogP contribution in [0.2, 0.25) is 0 Å². The average Bonchev–Trinajstić information content (AvgIpc) is 3.55. The number of alkyl halides is 3. The number of nitrogen functional groups attached to an aromatic ring is 1. The zero-order valence-corrected chi connectivity index (χ0v) is 25.9. The highest BCUT2D eigenvalue weighted by atomic mass is 19.4. The van der Waals surface area contributed by atoms with Crippen molar-refractivity contribution in [2.75, 3.05) is 18.8 Å². The molecule has 12 heteroatoms. The molecular formula is C35H34F3N7O2.